The third kappa shape index (κ3) is 5.10. The number of hydrogen-bond acceptors (Lipinski definition) is 5. The summed E-state index contributed by atoms with van der Waals surface area (Å²) in [6, 6.07) is 13.0. The van der Waals surface area contributed by atoms with Gasteiger partial charge >= 0.3 is 0 Å². The number of nitrogens with zero attached hydrogens (tertiary/aromatic N) is 2. The Morgan fingerprint density at radius 2 is 1.68 bits per heavy atom. The number of carbonyl (C=O) groups is 2. The number of benzene rings is 2. The molecule has 0 spiro atoms. The molecule has 4 rings (SSSR count). The molecule has 2 aromatic rings. The van der Waals surface area contributed by atoms with Gasteiger partial charge in [-0.1, -0.05) is 36.8 Å². The van der Waals surface area contributed by atoms with E-state index >= 15 is 0 Å². The lowest BCUT2D eigenvalue weighted by molar-refractivity contribution is -0.141. The molecule has 0 aliphatic carbocycles. The smallest absolute Gasteiger partial charge is 0.251 e. The molecule has 2 saturated heterocycles. The minimum absolute atomic E-state index is 0.0278. The zero-order valence-electron chi connectivity index (χ0n) is 19.4. The molecule has 0 radical (unpaired) electrons. The molecule has 0 saturated carbocycles. The summed E-state index contributed by atoms with van der Waals surface area (Å²) in [6.45, 7) is 1.44. The van der Waals surface area contributed by atoms with Gasteiger partial charge in [0.25, 0.3) is 5.91 Å². The van der Waals surface area contributed by atoms with Gasteiger partial charge in [-0.05, 0) is 49.4 Å². The van der Waals surface area contributed by atoms with E-state index < -0.39 is 16.1 Å². The summed E-state index contributed by atoms with van der Waals surface area (Å²) in [4.78, 5) is 27.8. The second-order valence-corrected chi connectivity index (χ2v) is 10.6. The van der Waals surface area contributed by atoms with E-state index in [1.807, 2.05) is 30.3 Å². The first-order valence-corrected chi connectivity index (χ1v) is 13.2. The van der Waals surface area contributed by atoms with Crippen LogP contribution in [0.15, 0.2) is 53.4 Å². The molecule has 9 heteroatoms. The normalized spacial score (nSPS) is 18.4. The van der Waals surface area contributed by atoms with Crippen LogP contribution >= 0.6 is 0 Å². The van der Waals surface area contributed by atoms with Crippen LogP contribution in [0.25, 0.3) is 0 Å². The van der Waals surface area contributed by atoms with Gasteiger partial charge in [0, 0.05) is 31.7 Å². The Hall–Kier alpha value is -2.91. The van der Waals surface area contributed by atoms with Crippen molar-refractivity contribution in [1.82, 2.24) is 9.21 Å². The Bertz CT molecular complexity index is 1130. The fourth-order valence-electron chi connectivity index (χ4n) is 4.62. The van der Waals surface area contributed by atoms with Crippen LogP contribution in [0.2, 0.25) is 0 Å². The highest BCUT2D eigenvalue weighted by Gasteiger charge is 2.34. The van der Waals surface area contributed by atoms with Gasteiger partial charge < -0.3 is 15.0 Å². The van der Waals surface area contributed by atoms with Crippen molar-refractivity contribution in [3.8, 4) is 5.75 Å². The number of methoxy groups -OCH3 is 1. The van der Waals surface area contributed by atoms with E-state index in [2.05, 4.69) is 5.32 Å². The lowest BCUT2D eigenvalue weighted by atomic mass is 10.0. The maximum Gasteiger partial charge on any atom is 0.251 e. The Balaban J connectivity index is 1.64. The molecule has 1 unspecified atom stereocenters. The predicted octanol–water partition coefficient (Wildman–Crippen LogP) is 3.56. The van der Waals surface area contributed by atoms with Crippen molar-refractivity contribution in [2.75, 3.05) is 32.1 Å². The van der Waals surface area contributed by atoms with Crippen LogP contribution in [-0.2, 0) is 19.6 Å². The second-order valence-electron chi connectivity index (χ2n) is 8.68. The lowest BCUT2D eigenvalue weighted by Crippen LogP contribution is -2.43. The van der Waals surface area contributed by atoms with Gasteiger partial charge in [-0.15, -0.1) is 0 Å². The Kier molecular flexibility index (Phi) is 7.53. The summed E-state index contributed by atoms with van der Waals surface area (Å²) in [5.74, 6) is -0.208. The van der Waals surface area contributed by atoms with Crippen LogP contribution in [0.3, 0.4) is 0 Å². The van der Waals surface area contributed by atoms with E-state index in [0.29, 0.717) is 37.3 Å². The first kappa shape index (κ1) is 24.2. The molecule has 1 N–H and O–H groups in total. The fourth-order valence-corrected chi connectivity index (χ4v) is 6.32. The first-order chi connectivity index (χ1) is 16.4. The molecular weight excluding hydrogens is 454 g/mol. The van der Waals surface area contributed by atoms with E-state index in [0.717, 1.165) is 32.1 Å². The van der Waals surface area contributed by atoms with Gasteiger partial charge in [0.05, 0.1) is 7.11 Å². The molecule has 2 aromatic carbocycles. The molecular formula is C25H31N3O5S. The van der Waals surface area contributed by atoms with Crippen LogP contribution in [0.1, 0.15) is 50.1 Å². The maximum absolute atomic E-state index is 13.5. The number of rotatable bonds is 7. The molecule has 8 nitrogen and oxygen atoms in total. The average Bonchev–Trinajstić information content (AvgIpc) is 2.86. The topological polar surface area (TPSA) is 96.0 Å². The minimum atomic E-state index is -3.77. The number of hydrogen-bond donors (Lipinski definition) is 1. The Morgan fingerprint density at radius 3 is 2.35 bits per heavy atom. The number of sulfonamides is 1. The third-order valence-corrected chi connectivity index (χ3v) is 8.32. The van der Waals surface area contributed by atoms with Crippen LogP contribution in [0.4, 0.5) is 5.69 Å². The maximum atomic E-state index is 13.5. The van der Waals surface area contributed by atoms with E-state index in [1.165, 1.54) is 17.5 Å². The summed E-state index contributed by atoms with van der Waals surface area (Å²) in [6.07, 6.45) is 4.71. The summed E-state index contributed by atoms with van der Waals surface area (Å²) < 4.78 is 33.5. The highest BCUT2D eigenvalue weighted by Crippen LogP contribution is 2.32. The largest absolute Gasteiger partial charge is 0.495 e. The number of piperidine rings is 2. The summed E-state index contributed by atoms with van der Waals surface area (Å²) >= 11 is 0. The van der Waals surface area contributed by atoms with Crippen LogP contribution in [-0.4, -0.2) is 56.2 Å². The van der Waals surface area contributed by atoms with E-state index in [-0.39, 0.29) is 22.5 Å². The number of amides is 2. The van der Waals surface area contributed by atoms with Crippen LogP contribution in [0.5, 0.6) is 5.75 Å². The van der Waals surface area contributed by atoms with Crippen LogP contribution in [0, 0.1) is 0 Å². The van der Waals surface area contributed by atoms with Crippen molar-refractivity contribution < 1.29 is 22.7 Å². The van der Waals surface area contributed by atoms with Gasteiger partial charge in [-0.3, -0.25) is 9.59 Å². The molecule has 182 valence electrons. The first-order valence-electron chi connectivity index (χ1n) is 11.8. The molecule has 2 amide bonds. The summed E-state index contributed by atoms with van der Waals surface area (Å²) in [5, 5.41) is 2.85. The number of anilines is 1. The van der Waals surface area contributed by atoms with Crippen molar-refractivity contribution in [2.24, 2.45) is 0 Å². The monoisotopic (exact) mass is 485 g/mol. The molecule has 0 bridgehead atoms. The number of nitrogens with one attached hydrogen (secondary N) is 1. The van der Waals surface area contributed by atoms with E-state index in [9.17, 15) is 18.0 Å². The third-order valence-electron chi connectivity index (χ3n) is 6.40. The van der Waals surface area contributed by atoms with Crippen molar-refractivity contribution in [1.29, 1.82) is 0 Å². The molecule has 1 atom stereocenters. The number of ether oxygens (including phenoxy) is 1. The SMILES string of the molecule is COc1ccc(NC(=O)C(c2ccccc2)N2CCCCC2=O)cc1S(=O)(=O)N1CCCCC1. The molecule has 2 aliphatic heterocycles. The van der Waals surface area contributed by atoms with Gasteiger partial charge in [0.1, 0.15) is 16.7 Å². The van der Waals surface area contributed by atoms with Gasteiger partial charge in [0.2, 0.25) is 15.9 Å². The summed E-state index contributed by atoms with van der Waals surface area (Å²) in [7, 11) is -2.35. The van der Waals surface area contributed by atoms with Gasteiger partial charge in [-0.25, -0.2) is 8.42 Å². The Morgan fingerprint density at radius 1 is 0.971 bits per heavy atom. The van der Waals surface area contributed by atoms with Crippen molar-refractivity contribution in [2.45, 2.75) is 49.5 Å². The molecule has 2 aliphatic rings. The Labute approximate surface area is 200 Å². The number of likely N-dealkylation sites (tertiary alicyclic amines) is 1. The van der Waals surface area contributed by atoms with E-state index in [4.69, 9.17) is 4.74 Å². The van der Waals surface area contributed by atoms with Crippen molar-refractivity contribution >= 4 is 27.5 Å². The predicted molar refractivity (Wildman–Crippen MR) is 129 cm³/mol. The quantitative estimate of drug-likeness (QED) is 0.647. The fraction of sp³-hybridized carbons (Fsp3) is 0.440. The molecule has 2 heterocycles. The number of carbonyl (C=O) groups excluding carboxylic acids is 2. The zero-order chi connectivity index (χ0) is 24.1. The summed E-state index contributed by atoms with van der Waals surface area (Å²) in [5.41, 5.74) is 1.05. The second kappa shape index (κ2) is 10.6. The van der Waals surface area contributed by atoms with Gasteiger partial charge in [0.15, 0.2) is 0 Å². The van der Waals surface area contributed by atoms with Crippen molar-refractivity contribution in [3.63, 3.8) is 0 Å². The van der Waals surface area contributed by atoms with Crippen LogP contribution < -0.4 is 10.1 Å². The molecule has 2 fully saturated rings. The average molecular weight is 486 g/mol. The van der Waals surface area contributed by atoms with Gasteiger partial charge in [-0.2, -0.15) is 4.31 Å². The minimum Gasteiger partial charge on any atom is -0.495 e. The highest BCUT2D eigenvalue weighted by atomic mass is 32.2. The van der Waals surface area contributed by atoms with E-state index in [1.54, 1.807) is 17.0 Å². The standard InChI is InChI=1S/C25H31N3O5S/c1-33-21-14-13-20(18-22(21)34(31,32)27-15-7-3-8-16-27)26-25(30)24(19-10-4-2-5-11-19)28-17-9-6-12-23(28)29/h2,4-5,10-11,13-14,18,24H,3,6-9,12,15-17H2,1H3,(H,26,30). The van der Waals surface area contributed by atoms with Crippen molar-refractivity contribution in [3.05, 3.63) is 54.1 Å². The molecule has 34 heavy (non-hydrogen) atoms. The highest BCUT2D eigenvalue weighted by molar-refractivity contribution is 7.89. The zero-order valence-corrected chi connectivity index (χ0v) is 20.2. The lowest BCUT2D eigenvalue weighted by Gasteiger charge is -2.34. The molecule has 0 aromatic heterocycles.